The second-order valence-corrected chi connectivity index (χ2v) is 5.79. The van der Waals surface area contributed by atoms with E-state index in [-0.39, 0.29) is 5.54 Å². The lowest BCUT2D eigenvalue weighted by atomic mass is 9.77. The Hall–Kier alpha value is -1.48. The predicted molar refractivity (Wildman–Crippen MR) is 78.5 cm³/mol. The van der Waals surface area contributed by atoms with Gasteiger partial charge in [0.1, 0.15) is 5.75 Å². The molecule has 1 heterocycles. The third-order valence-corrected chi connectivity index (χ3v) is 4.50. The first-order valence-electron chi connectivity index (χ1n) is 7.09. The van der Waals surface area contributed by atoms with E-state index >= 15 is 0 Å². The fourth-order valence-electron chi connectivity index (χ4n) is 3.25. The highest BCUT2D eigenvalue weighted by Gasteiger charge is 2.30. The van der Waals surface area contributed by atoms with E-state index < -0.39 is 0 Å². The van der Waals surface area contributed by atoms with Gasteiger partial charge in [0.15, 0.2) is 0 Å². The van der Waals surface area contributed by atoms with Crippen LogP contribution in [0.25, 0.3) is 10.9 Å². The number of methoxy groups -OCH3 is 1. The molecule has 102 valence electrons. The summed E-state index contributed by atoms with van der Waals surface area (Å²) in [6, 6.07) is 4.36. The van der Waals surface area contributed by atoms with Crippen molar-refractivity contribution in [1.82, 2.24) is 4.98 Å². The molecule has 1 fully saturated rings. The fourth-order valence-corrected chi connectivity index (χ4v) is 3.25. The SMILES string of the molecule is COc1cc(C2(N)CCCCC2)cc2c(C)c[nH]c12. The molecule has 0 radical (unpaired) electrons. The largest absolute Gasteiger partial charge is 0.495 e. The van der Waals surface area contributed by atoms with Crippen molar-refractivity contribution in [1.29, 1.82) is 0 Å². The topological polar surface area (TPSA) is 51.0 Å². The molecule has 3 heteroatoms. The number of rotatable bonds is 2. The molecular formula is C16H22N2O. The summed E-state index contributed by atoms with van der Waals surface area (Å²) in [5.74, 6) is 0.899. The van der Waals surface area contributed by atoms with E-state index in [1.165, 1.54) is 35.8 Å². The lowest BCUT2D eigenvalue weighted by Gasteiger charge is -2.34. The quantitative estimate of drug-likeness (QED) is 0.864. The third-order valence-electron chi connectivity index (χ3n) is 4.50. The van der Waals surface area contributed by atoms with Gasteiger partial charge < -0.3 is 15.5 Å². The number of fused-ring (bicyclic) bond motifs is 1. The van der Waals surface area contributed by atoms with Crippen LogP contribution in [0.3, 0.4) is 0 Å². The number of benzene rings is 1. The molecule has 3 nitrogen and oxygen atoms in total. The first-order valence-corrected chi connectivity index (χ1v) is 7.09. The van der Waals surface area contributed by atoms with Crippen LogP contribution in [0.2, 0.25) is 0 Å². The number of aromatic nitrogens is 1. The summed E-state index contributed by atoms with van der Waals surface area (Å²) in [6.45, 7) is 2.12. The van der Waals surface area contributed by atoms with Crippen molar-refractivity contribution >= 4 is 10.9 Å². The molecule has 0 spiro atoms. The zero-order valence-electron chi connectivity index (χ0n) is 11.8. The van der Waals surface area contributed by atoms with E-state index in [2.05, 4.69) is 24.0 Å². The third kappa shape index (κ3) is 2.02. The minimum absolute atomic E-state index is 0.177. The van der Waals surface area contributed by atoms with Gasteiger partial charge in [0.2, 0.25) is 0 Å². The summed E-state index contributed by atoms with van der Waals surface area (Å²) in [5.41, 5.74) is 10.0. The number of H-pyrrole nitrogens is 1. The number of hydrogen-bond acceptors (Lipinski definition) is 2. The van der Waals surface area contributed by atoms with Gasteiger partial charge in [0.25, 0.3) is 0 Å². The Morgan fingerprint density at radius 3 is 2.63 bits per heavy atom. The summed E-state index contributed by atoms with van der Waals surface area (Å²) in [5, 5.41) is 1.23. The lowest BCUT2D eigenvalue weighted by Crippen LogP contribution is -2.38. The van der Waals surface area contributed by atoms with Crippen molar-refractivity contribution < 1.29 is 4.74 Å². The average molecular weight is 258 g/mol. The first kappa shape index (κ1) is 12.5. The minimum Gasteiger partial charge on any atom is -0.495 e. The normalized spacial score (nSPS) is 18.7. The highest BCUT2D eigenvalue weighted by molar-refractivity contribution is 5.89. The first-order chi connectivity index (χ1) is 9.14. The van der Waals surface area contributed by atoms with Crippen molar-refractivity contribution in [2.75, 3.05) is 7.11 Å². The Labute approximate surface area is 114 Å². The molecule has 1 aromatic heterocycles. The van der Waals surface area contributed by atoms with Crippen molar-refractivity contribution in [2.24, 2.45) is 5.73 Å². The molecule has 19 heavy (non-hydrogen) atoms. The summed E-state index contributed by atoms with van der Waals surface area (Å²) >= 11 is 0. The molecule has 0 saturated heterocycles. The molecule has 0 aliphatic heterocycles. The molecule has 2 aromatic rings. The molecule has 0 atom stereocenters. The molecular weight excluding hydrogens is 236 g/mol. The Bertz CT molecular complexity index is 594. The van der Waals surface area contributed by atoms with E-state index in [1.54, 1.807) is 7.11 Å². The maximum atomic E-state index is 6.65. The summed E-state index contributed by atoms with van der Waals surface area (Å²) in [4.78, 5) is 3.28. The van der Waals surface area contributed by atoms with Crippen LogP contribution in [0, 0.1) is 6.92 Å². The van der Waals surface area contributed by atoms with Crippen LogP contribution in [0.1, 0.15) is 43.2 Å². The van der Waals surface area contributed by atoms with E-state index in [0.717, 1.165) is 24.1 Å². The second-order valence-electron chi connectivity index (χ2n) is 5.79. The molecule has 1 aliphatic rings. The second kappa shape index (κ2) is 4.57. The highest BCUT2D eigenvalue weighted by atomic mass is 16.5. The van der Waals surface area contributed by atoms with Gasteiger partial charge in [-0.2, -0.15) is 0 Å². The van der Waals surface area contributed by atoms with Gasteiger partial charge in [-0.05, 0) is 43.0 Å². The number of aryl methyl sites for hydroxylation is 1. The maximum Gasteiger partial charge on any atom is 0.143 e. The molecule has 0 amide bonds. The zero-order valence-corrected chi connectivity index (χ0v) is 11.8. The number of aromatic amines is 1. The van der Waals surface area contributed by atoms with E-state index in [9.17, 15) is 0 Å². The number of nitrogens with two attached hydrogens (primary N) is 1. The zero-order chi connectivity index (χ0) is 13.5. The number of ether oxygens (including phenoxy) is 1. The Balaban J connectivity index is 2.15. The fraction of sp³-hybridized carbons (Fsp3) is 0.500. The van der Waals surface area contributed by atoms with Gasteiger partial charge >= 0.3 is 0 Å². The van der Waals surface area contributed by atoms with Crippen LogP contribution >= 0.6 is 0 Å². The summed E-state index contributed by atoms with van der Waals surface area (Å²) < 4.78 is 5.53. The van der Waals surface area contributed by atoms with Crippen molar-refractivity contribution in [3.05, 3.63) is 29.5 Å². The minimum atomic E-state index is -0.177. The van der Waals surface area contributed by atoms with Crippen molar-refractivity contribution in [3.8, 4) is 5.75 Å². The van der Waals surface area contributed by atoms with E-state index in [4.69, 9.17) is 10.5 Å². The van der Waals surface area contributed by atoms with Gasteiger partial charge in [-0.3, -0.25) is 0 Å². The average Bonchev–Trinajstić information content (AvgIpc) is 2.80. The summed E-state index contributed by atoms with van der Waals surface area (Å²) in [7, 11) is 1.72. The van der Waals surface area contributed by atoms with Crippen LogP contribution in [0.4, 0.5) is 0 Å². The maximum absolute atomic E-state index is 6.65. The van der Waals surface area contributed by atoms with Crippen LogP contribution in [0.15, 0.2) is 18.3 Å². The van der Waals surface area contributed by atoms with E-state index in [1.807, 2.05) is 6.20 Å². The summed E-state index contributed by atoms with van der Waals surface area (Å²) in [6.07, 6.45) is 7.94. The van der Waals surface area contributed by atoms with Gasteiger partial charge in [-0.15, -0.1) is 0 Å². The molecule has 1 aliphatic carbocycles. The smallest absolute Gasteiger partial charge is 0.143 e. The van der Waals surface area contributed by atoms with Gasteiger partial charge in [0.05, 0.1) is 12.6 Å². The number of hydrogen-bond donors (Lipinski definition) is 2. The Morgan fingerprint density at radius 2 is 1.95 bits per heavy atom. The monoisotopic (exact) mass is 258 g/mol. The van der Waals surface area contributed by atoms with Crippen molar-refractivity contribution in [2.45, 2.75) is 44.6 Å². The molecule has 3 N–H and O–H groups in total. The Morgan fingerprint density at radius 1 is 1.21 bits per heavy atom. The molecule has 1 saturated carbocycles. The van der Waals surface area contributed by atoms with Crippen LogP contribution in [0.5, 0.6) is 5.75 Å². The van der Waals surface area contributed by atoms with E-state index in [0.29, 0.717) is 0 Å². The standard InChI is InChI=1S/C16H22N2O/c1-11-10-18-15-13(11)8-12(9-14(15)19-2)16(17)6-4-3-5-7-16/h8-10,18H,3-7,17H2,1-2H3. The lowest BCUT2D eigenvalue weighted by molar-refractivity contribution is 0.301. The molecule has 3 rings (SSSR count). The van der Waals surface area contributed by atoms with Crippen molar-refractivity contribution in [3.63, 3.8) is 0 Å². The molecule has 0 unspecified atom stereocenters. The number of nitrogens with one attached hydrogen (secondary N) is 1. The van der Waals surface area contributed by atoms with Crippen LogP contribution in [-0.4, -0.2) is 12.1 Å². The highest BCUT2D eigenvalue weighted by Crippen LogP contribution is 2.39. The van der Waals surface area contributed by atoms with Gasteiger partial charge in [-0.25, -0.2) is 0 Å². The van der Waals surface area contributed by atoms with Crippen LogP contribution < -0.4 is 10.5 Å². The molecule has 1 aromatic carbocycles. The molecule has 0 bridgehead atoms. The van der Waals surface area contributed by atoms with Gasteiger partial charge in [0, 0.05) is 17.1 Å². The predicted octanol–water partition coefficient (Wildman–Crippen LogP) is 3.60. The Kier molecular flexibility index (Phi) is 3.02. The van der Waals surface area contributed by atoms with Gasteiger partial charge in [-0.1, -0.05) is 19.3 Å². The van der Waals surface area contributed by atoms with Crippen LogP contribution in [-0.2, 0) is 5.54 Å².